The molecule has 7 heteroatoms. The number of hydrogen-bond acceptors (Lipinski definition) is 5. The molecule has 2 fully saturated rings. The van der Waals surface area contributed by atoms with E-state index in [0.29, 0.717) is 4.99 Å². The van der Waals surface area contributed by atoms with Crippen LogP contribution in [0.4, 0.5) is 5.69 Å². The first-order valence-corrected chi connectivity index (χ1v) is 7.98. The van der Waals surface area contributed by atoms with Crippen molar-refractivity contribution in [2.24, 2.45) is 11.7 Å². The van der Waals surface area contributed by atoms with Gasteiger partial charge in [0.2, 0.25) is 5.91 Å². The average molecular weight is 319 g/mol. The van der Waals surface area contributed by atoms with Crippen molar-refractivity contribution < 1.29 is 4.79 Å². The lowest BCUT2D eigenvalue weighted by molar-refractivity contribution is -0.129. The smallest absolute Gasteiger partial charge is 0.235 e. The maximum Gasteiger partial charge on any atom is 0.235 e. The zero-order chi connectivity index (χ0) is 15.5. The van der Waals surface area contributed by atoms with Crippen molar-refractivity contribution in [2.45, 2.75) is 25.3 Å². The minimum absolute atomic E-state index is 0.128. The van der Waals surface area contributed by atoms with Gasteiger partial charge in [-0.05, 0) is 25.0 Å². The minimum atomic E-state index is -0.575. The van der Waals surface area contributed by atoms with E-state index >= 15 is 0 Å². The maximum atomic E-state index is 12.4. The van der Waals surface area contributed by atoms with Gasteiger partial charge in [-0.1, -0.05) is 30.4 Å². The fraction of sp³-hybridized carbons (Fsp3) is 0.467. The molecule has 3 rings (SSSR count). The summed E-state index contributed by atoms with van der Waals surface area (Å²) in [5.41, 5.74) is 7.01. The molecule has 0 aromatic heterocycles. The van der Waals surface area contributed by atoms with Gasteiger partial charge in [-0.15, -0.1) is 0 Å². The van der Waals surface area contributed by atoms with Crippen molar-refractivity contribution >= 4 is 28.8 Å². The van der Waals surface area contributed by atoms with Crippen LogP contribution in [0.25, 0.3) is 0 Å². The third-order valence-electron chi connectivity index (χ3n) is 4.10. The summed E-state index contributed by atoms with van der Waals surface area (Å²) < 4.78 is 0. The highest BCUT2D eigenvalue weighted by molar-refractivity contribution is 7.80. The summed E-state index contributed by atoms with van der Waals surface area (Å²) >= 11 is 5.38. The van der Waals surface area contributed by atoms with Crippen LogP contribution in [-0.4, -0.2) is 41.3 Å². The van der Waals surface area contributed by atoms with E-state index < -0.39 is 12.1 Å². The van der Waals surface area contributed by atoms with Crippen LogP contribution < -0.4 is 21.7 Å². The first kappa shape index (κ1) is 15.4. The molecule has 2 saturated heterocycles. The third-order valence-corrected chi connectivity index (χ3v) is 4.46. The van der Waals surface area contributed by atoms with E-state index in [2.05, 4.69) is 20.9 Å². The number of rotatable bonds is 3. The Morgan fingerprint density at radius 2 is 1.95 bits per heavy atom. The number of para-hydroxylation sites is 1. The fourth-order valence-electron chi connectivity index (χ4n) is 2.93. The lowest BCUT2D eigenvalue weighted by atomic mass is 10.0. The van der Waals surface area contributed by atoms with Gasteiger partial charge in [0.05, 0.1) is 11.2 Å². The van der Waals surface area contributed by atoms with Crippen LogP contribution in [0, 0.1) is 5.92 Å². The number of hydrogen-bond donors (Lipinski definition) is 4. The fourth-order valence-corrected chi connectivity index (χ4v) is 3.30. The Labute approximate surface area is 135 Å². The quantitative estimate of drug-likeness (QED) is 0.605. The zero-order valence-electron chi connectivity index (χ0n) is 12.3. The van der Waals surface area contributed by atoms with E-state index in [9.17, 15) is 4.79 Å². The number of nitrogens with zero attached hydrogens (tertiary/aromatic N) is 1. The molecule has 3 atom stereocenters. The standard InChI is InChI=1S/C15H21N5OS/c16-12-11(14(22)17-10-6-2-1-3-7-10)13(21)19-15(18-12)20-8-4-5-9-20/h1-3,6-7,11-12,15,18H,4-5,8-9,16H2,(H,17,22)(H,19,21). The number of thiocarbonyl (C=S) groups is 1. The van der Waals surface area contributed by atoms with Gasteiger partial charge in [-0.2, -0.15) is 0 Å². The van der Waals surface area contributed by atoms with Crippen LogP contribution in [0.5, 0.6) is 0 Å². The molecule has 6 nitrogen and oxygen atoms in total. The zero-order valence-corrected chi connectivity index (χ0v) is 13.1. The van der Waals surface area contributed by atoms with Crippen molar-refractivity contribution in [2.75, 3.05) is 18.4 Å². The number of anilines is 1. The van der Waals surface area contributed by atoms with Crippen LogP contribution in [0.3, 0.4) is 0 Å². The summed E-state index contributed by atoms with van der Waals surface area (Å²) in [5, 5.41) is 9.32. The molecule has 118 valence electrons. The summed E-state index contributed by atoms with van der Waals surface area (Å²) in [6.45, 7) is 1.95. The summed E-state index contributed by atoms with van der Waals surface area (Å²) in [5.74, 6) is -0.703. The van der Waals surface area contributed by atoms with Crippen LogP contribution >= 0.6 is 12.2 Å². The average Bonchev–Trinajstić information content (AvgIpc) is 3.01. The first-order chi connectivity index (χ1) is 10.6. The van der Waals surface area contributed by atoms with E-state index in [1.165, 1.54) is 0 Å². The van der Waals surface area contributed by atoms with Gasteiger partial charge in [0, 0.05) is 18.8 Å². The number of amides is 1. The Kier molecular flexibility index (Phi) is 4.68. The molecule has 0 spiro atoms. The maximum absolute atomic E-state index is 12.4. The van der Waals surface area contributed by atoms with E-state index in [1.54, 1.807) is 0 Å². The van der Waals surface area contributed by atoms with Crippen LogP contribution in [-0.2, 0) is 4.79 Å². The lowest BCUT2D eigenvalue weighted by Crippen LogP contribution is -2.70. The SMILES string of the molecule is NC1NC(N2CCCC2)NC(=O)C1C(=S)Nc1ccccc1. The predicted molar refractivity (Wildman–Crippen MR) is 90.0 cm³/mol. The Bertz CT molecular complexity index is 546. The number of nitrogens with one attached hydrogen (secondary N) is 3. The molecule has 1 amide bonds. The number of carbonyl (C=O) groups excluding carboxylic acids is 1. The normalized spacial score (nSPS) is 29.1. The molecular formula is C15H21N5OS. The molecule has 0 radical (unpaired) electrons. The van der Waals surface area contributed by atoms with Gasteiger partial charge in [-0.3, -0.25) is 15.0 Å². The minimum Gasteiger partial charge on any atom is -0.349 e. The van der Waals surface area contributed by atoms with Crippen molar-refractivity contribution in [3.63, 3.8) is 0 Å². The molecule has 2 aliphatic rings. The summed E-state index contributed by atoms with van der Waals surface area (Å²) in [7, 11) is 0. The van der Waals surface area contributed by atoms with Gasteiger partial charge >= 0.3 is 0 Å². The van der Waals surface area contributed by atoms with Crippen molar-refractivity contribution in [3.05, 3.63) is 30.3 Å². The Balaban J connectivity index is 1.64. The van der Waals surface area contributed by atoms with Gasteiger partial charge in [-0.25, -0.2) is 0 Å². The molecule has 5 N–H and O–H groups in total. The molecule has 22 heavy (non-hydrogen) atoms. The summed E-state index contributed by atoms with van der Waals surface area (Å²) in [6, 6.07) is 9.55. The summed E-state index contributed by atoms with van der Waals surface area (Å²) in [4.78, 5) is 15.0. The van der Waals surface area contributed by atoms with Crippen molar-refractivity contribution in [1.82, 2.24) is 15.5 Å². The Hall–Kier alpha value is -1.54. The van der Waals surface area contributed by atoms with E-state index in [-0.39, 0.29) is 12.2 Å². The monoisotopic (exact) mass is 319 g/mol. The Morgan fingerprint density at radius 1 is 1.27 bits per heavy atom. The molecule has 0 bridgehead atoms. The largest absolute Gasteiger partial charge is 0.349 e. The second-order valence-electron chi connectivity index (χ2n) is 5.68. The van der Waals surface area contributed by atoms with Gasteiger partial charge in [0.15, 0.2) is 0 Å². The molecule has 1 aromatic rings. The van der Waals surface area contributed by atoms with Gasteiger partial charge < -0.3 is 16.4 Å². The second kappa shape index (κ2) is 6.70. The predicted octanol–water partition coefficient (Wildman–Crippen LogP) is 0.426. The molecule has 1 aromatic carbocycles. The van der Waals surface area contributed by atoms with Crippen molar-refractivity contribution in [3.8, 4) is 0 Å². The van der Waals surface area contributed by atoms with E-state index in [4.69, 9.17) is 18.0 Å². The molecule has 2 heterocycles. The summed E-state index contributed by atoms with van der Waals surface area (Å²) in [6.07, 6.45) is 1.62. The molecule has 3 unspecified atom stereocenters. The molecular weight excluding hydrogens is 298 g/mol. The third kappa shape index (κ3) is 3.27. The lowest BCUT2D eigenvalue weighted by Gasteiger charge is -2.39. The van der Waals surface area contributed by atoms with Crippen LogP contribution in [0.15, 0.2) is 30.3 Å². The van der Waals surface area contributed by atoms with Gasteiger partial charge in [0.1, 0.15) is 12.2 Å². The Morgan fingerprint density at radius 3 is 2.59 bits per heavy atom. The highest BCUT2D eigenvalue weighted by atomic mass is 32.1. The van der Waals surface area contributed by atoms with Gasteiger partial charge in [0.25, 0.3) is 0 Å². The molecule has 2 aliphatic heterocycles. The number of benzene rings is 1. The highest BCUT2D eigenvalue weighted by Gasteiger charge is 2.39. The van der Waals surface area contributed by atoms with Crippen molar-refractivity contribution in [1.29, 1.82) is 0 Å². The second-order valence-corrected chi connectivity index (χ2v) is 6.12. The molecule has 0 aliphatic carbocycles. The number of carbonyl (C=O) groups is 1. The van der Waals surface area contributed by atoms with E-state index in [1.807, 2.05) is 30.3 Å². The topological polar surface area (TPSA) is 82.4 Å². The highest BCUT2D eigenvalue weighted by Crippen LogP contribution is 2.17. The van der Waals surface area contributed by atoms with Crippen LogP contribution in [0.1, 0.15) is 12.8 Å². The number of nitrogens with two attached hydrogens (primary N) is 1. The molecule has 0 saturated carbocycles. The first-order valence-electron chi connectivity index (χ1n) is 7.57. The van der Waals surface area contributed by atoms with Crippen LogP contribution in [0.2, 0.25) is 0 Å². The van der Waals surface area contributed by atoms with E-state index in [0.717, 1.165) is 31.6 Å². The number of likely N-dealkylation sites (tertiary alicyclic amines) is 1.